The summed E-state index contributed by atoms with van der Waals surface area (Å²) in [6.45, 7) is 6.65. The van der Waals surface area contributed by atoms with E-state index in [0.717, 1.165) is 23.1 Å². The van der Waals surface area contributed by atoms with Crippen LogP contribution in [0.2, 0.25) is 0 Å². The lowest BCUT2D eigenvalue weighted by atomic mass is 10.00. The van der Waals surface area contributed by atoms with Gasteiger partial charge in [0.25, 0.3) is 5.56 Å². The second-order valence-electron chi connectivity index (χ2n) is 5.51. The fraction of sp³-hybridized carbons (Fsp3) is 0.278. The van der Waals surface area contributed by atoms with Crippen molar-refractivity contribution in [2.24, 2.45) is 0 Å². The molecule has 2 aromatic heterocycles. The zero-order valence-electron chi connectivity index (χ0n) is 13.1. The Morgan fingerprint density at radius 3 is 2.68 bits per heavy atom. The Balaban J connectivity index is 2.25. The number of aromatic hydroxyl groups is 1. The van der Waals surface area contributed by atoms with Gasteiger partial charge in [0.15, 0.2) is 0 Å². The Labute approximate surface area is 129 Å². The molecule has 0 aliphatic carbocycles. The summed E-state index contributed by atoms with van der Waals surface area (Å²) in [5.41, 5.74) is 3.72. The molecule has 0 atom stereocenters. The predicted molar refractivity (Wildman–Crippen MR) is 89.4 cm³/mol. The maximum Gasteiger partial charge on any atom is 0.255 e. The van der Waals surface area contributed by atoms with Gasteiger partial charge in [0.05, 0.1) is 11.3 Å². The van der Waals surface area contributed by atoms with Crippen molar-refractivity contribution in [3.63, 3.8) is 0 Å². The zero-order chi connectivity index (χ0) is 15.9. The standard InChI is InChI=1S/C18H20N2O2/c1-4-14-16(19-18(22)11(3)17(14)21)13-6-7-15-12(10-13)8-9-20(15)5-2/h6-10H,4-5H2,1-3H3,(H2,19,21,22). The van der Waals surface area contributed by atoms with E-state index in [1.165, 1.54) is 5.52 Å². The number of pyridine rings is 1. The van der Waals surface area contributed by atoms with E-state index in [1.54, 1.807) is 6.92 Å². The van der Waals surface area contributed by atoms with E-state index in [-0.39, 0.29) is 11.3 Å². The van der Waals surface area contributed by atoms with Gasteiger partial charge in [-0.3, -0.25) is 4.79 Å². The first-order valence-electron chi connectivity index (χ1n) is 7.60. The van der Waals surface area contributed by atoms with E-state index < -0.39 is 0 Å². The molecule has 0 spiro atoms. The van der Waals surface area contributed by atoms with E-state index in [0.29, 0.717) is 17.7 Å². The van der Waals surface area contributed by atoms with E-state index >= 15 is 0 Å². The van der Waals surface area contributed by atoms with Gasteiger partial charge >= 0.3 is 0 Å². The summed E-state index contributed by atoms with van der Waals surface area (Å²) in [6, 6.07) is 8.18. The molecule has 2 N–H and O–H groups in total. The number of fused-ring (bicyclic) bond motifs is 1. The normalized spacial score (nSPS) is 11.2. The third-order valence-electron chi connectivity index (χ3n) is 4.28. The van der Waals surface area contributed by atoms with Crippen LogP contribution in [0.4, 0.5) is 0 Å². The number of nitrogens with zero attached hydrogens (tertiary/aromatic N) is 1. The summed E-state index contributed by atoms with van der Waals surface area (Å²) in [6.07, 6.45) is 2.72. The van der Waals surface area contributed by atoms with Gasteiger partial charge < -0.3 is 14.7 Å². The summed E-state index contributed by atoms with van der Waals surface area (Å²) in [5, 5.41) is 11.4. The third kappa shape index (κ3) is 2.11. The van der Waals surface area contributed by atoms with Crippen LogP contribution in [0.5, 0.6) is 5.75 Å². The highest BCUT2D eigenvalue weighted by molar-refractivity contribution is 5.85. The van der Waals surface area contributed by atoms with Gasteiger partial charge in [-0.25, -0.2) is 0 Å². The molecule has 3 rings (SSSR count). The highest BCUT2D eigenvalue weighted by atomic mass is 16.3. The molecule has 2 heterocycles. The van der Waals surface area contributed by atoms with E-state index in [2.05, 4.69) is 40.9 Å². The molecule has 3 aromatic rings. The molecule has 0 bridgehead atoms. The molecule has 0 aliphatic rings. The van der Waals surface area contributed by atoms with Gasteiger partial charge in [-0.15, -0.1) is 0 Å². The zero-order valence-corrected chi connectivity index (χ0v) is 13.1. The van der Waals surface area contributed by atoms with Crippen LogP contribution in [-0.2, 0) is 13.0 Å². The van der Waals surface area contributed by atoms with Gasteiger partial charge in [0.2, 0.25) is 0 Å². The molecule has 0 aliphatic heterocycles. The first kappa shape index (κ1) is 14.4. The summed E-state index contributed by atoms with van der Waals surface area (Å²) in [4.78, 5) is 14.9. The monoisotopic (exact) mass is 296 g/mol. The van der Waals surface area contributed by atoms with Gasteiger partial charge in [-0.05, 0) is 44.0 Å². The number of rotatable bonds is 3. The molecule has 0 radical (unpaired) electrons. The Kier molecular flexibility index (Phi) is 3.53. The van der Waals surface area contributed by atoms with Gasteiger partial charge in [-0.1, -0.05) is 13.0 Å². The fourth-order valence-electron chi connectivity index (χ4n) is 2.96. The van der Waals surface area contributed by atoms with Crippen molar-refractivity contribution in [2.75, 3.05) is 0 Å². The molecule has 0 fully saturated rings. The Hall–Kier alpha value is -2.49. The number of aromatic nitrogens is 2. The van der Waals surface area contributed by atoms with Crippen molar-refractivity contribution in [3.8, 4) is 17.0 Å². The van der Waals surface area contributed by atoms with Crippen molar-refractivity contribution in [1.29, 1.82) is 0 Å². The van der Waals surface area contributed by atoms with Crippen molar-refractivity contribution < 1.29 is 5.11 Å². The smallest absolute Gasteiger partial charge is 0.255 e. The largest absolute Gasteiger partial charge is 0.507 e. The number of nitrogens with one attached hydrogen (secondary N) is 1. The third-order valence-corrected chi connectivity index (χ3v) is 4.28. The minimum Gasteiger partial charge on any atom is -0.507 e. The van der Waals surface area contributed by atoms with E-state index in [1.807, 2.05) is 13.0 Å². The molecular formula is C18H20N2O2. The molecule has 1 aromatic carbocycles. The molecule has 0 unspecified atom stereocenters. The summed E-state index contributed by atoms with van der Waals surface area (Å²) in [5.74, 6) is 0.104. The SMILES string of the molecule is CCc1c(-c2ccc3c(ccn3CC)c2)[nH]c(=O)c(C)c1O. The first-order chi connectivity index (χ1) is 10.6. The number of hydrogen-bond acceptors (Lipinski definition) is 2. The lowest BCUT2D eigenvalue weighted by Crippen LogP contribution is -2.13. The second kappa shape index (κ2) is 5.37. The number of aromatic amines is 1. The number of aryl methyl sites for hydroxylation is 1. The van der Waals surface area contributed by atoms with Crippen LogP contribution < -0.4 is 5.56 Å². The minimum atomic E-state index is -0.240. The van der Waals surface area contributed by atoms with E-state index in [4.69, 9.17) is 0 Å². The topological polar surface area (TPSA) is 58.0 Å². The average molecular weight is 296 g/mol. The van der Waals surface area contributed by atoms with Crippen molar-refractivity contribution in [1.82, 2.24) is 9.55 Å². The van der Waals surface area contributed by atoms with Gasteiger partial charge in [0, 0.05) is 29.2 Å². The minimum absolute atomic E-state index is 0.104. The lowest BCUT2D eigenvalue weighted by molar-refractivity contribution is 0.463. The molecule has 114 valence electrons. The summed E-state index contributed by atoms with van der Waals surface area (Å²) >= 11 is 0. The van der Waals surface area contributed by atoms with Crippen LogP contribution >= 0.6 is 0 Å². The van der Waals surface area contributed by atoms with Gasteiger partial charge in [0.1, 0.15) is 5.75 Å². The quantitative estimate of drug-likeness (QED) is 0.776. The fourth-order valence-corrected chi connectivity index (χ4v) is 2.96. The first-order valence-corrected chi connectivity index (χ1v) is 7.60. The molecule has 22 heavy (non-hydrogen) atoms. The van der Waals surface area contributed by atoms with Gasteiger partial charge in [-0.2, -0.15) is 0 Å². The summed E-state index contributed by atoms with van der Waals surface area (Å²) in [7, 11) is 0. The predicted octanol–water partition coefficient (Wildman–Crippen LogP) is 3.59. The molecule has 4 heteroatoms. The van der Waals surface area contributed by atoms with Crippen LogP contribution in [-0.4, -0.2) is 14.7 Å². The van der Waals surface area contributed by atoms with Crippen LogP contribution in [0.15, 0.2) is 35.3 Å². The Bertz CT molecular complexity index is 903. The van der Waals surface area contributed by atoms with Crippen molar-refractivity contribution in [3.05, 3.63) is 51.9 Å². The molecule has 4 nitrogen and oxygen atoms in total. The van der Waals surface area contributed by atoms with Crippen LogP contribution in [0.3, 0.4) is 0 Å². The number of benzene rings is 1. The lowest BCUT2D eigenvalue weighted by Gasteiger charge is -2.12. The molecule has 0 amide bonds. The van der Waals surface area contributed by atoms with Crippen LogP contribution in [0.25, 0.3) is 22.2 Å². The van der Waals surface area contributed by atoms with Crippen molar-refractivity contribution in [2.45, 2.75) is 33.7 Å². The maximum absolute atomic E-state index is 12.0. The molecule has 0 saturated heterocycles. The average Bonchev–Trinajstić information content (AvgIpc) is 2.94. The summed E-state index contributed by atoms with van der Waals surface area (Å²) < 4.78 is 2.18. The Morgan fingerprint density at radius 2 is 2.00 bits per heavy atom. The number of H-pyrrole nitrogens is 1. The van der Waals surface area contributed by atoms with Crippen LogP contribution in [0.1, 0.15) is 25.0 Å². The van der Waals surface area contributed by atoms with Crippen molar-refractivity contribution >= 4 is 10.9 Å². The number of hydrogen-bond donors (Lipinski definition) is 2. The highest BCUT2D eigenvalue weighted by Crippen LogP contribution is 2.31. The molecule has 0 saturated carbocycles. The Morgan fingerprint density at radius 1 is 1.23 bits per heavy atom. The molecular weight excluding hydrogens is 276 g/mol. The maximum atomic E-state index is 12.0. The van der Waals surface area contributed by atoms with Crippen LogP contribution in [0, 0.1) is 6.92 Å². The second-order valence-corrected chi connectivity index (χ2v) is 5.51. The highest BCUT2D eigenvalue weighted by Gasteiger charge is 2.15. The van der Waals surface area contributed by atoms with E-state index in [9.17, 15) is 9.90 Å².